The fourth-order valence-electron chi connectivity index (χ4n) is 3.38. The quantitative estimate of drug-likeness (QED) is 0.370. The van der Waals surface area contributed by atoms with Crippen molar-refractivity contribution in [1.29, 1.82) is 0 Å². The number of hydrogen-bond acceptors (Lipinski definition) is 5. The van der Waals surface area contributed by atoms with E-state index in [1.54, 1.807) is 6.92 Å². The number of aryl methyl sites for hydroxylation is 3. The Labute approximate surface area is 182 Å². The minimum atomic E-state index is -1.09. The first kappa shape index (κ1) is 22.2. The molecule has 2 aromatic carbocycles. The van der Waals surface area contributed by atoms with Gasteiger partial charge >= 0.3 is 5.97 Å². The normalized spacial score (nSPS) is 11.4. The van der Waals surface area contributed by atoms with Gasteiger partial charge in [0.25, 0.3) is 0 Å². The van der Waals surface area contributed by atoms with Crippen LogP contribution in [0.3, 0.4) is 0 Å². The third-order valence-electron chi connectivity index (χ3n) is 4.79. The summed E-state index contributed by atoms with van der Waals surface area (Å²) in [7, 11) is 0. The second-order valence-corrected chi connectivity index (χ2v) is 7.22. The van der Waals surface area contributed by atoms with Crippen molar-refractivity contribution in [3.8, 4) is 17.2 Å². The summed E-state index contributed by atoms with van der Waals surface area (Å²) < 4.78 is 17.0. The third kappa shape index (κ3) is 5.54. The van der Waals surface area contributed by atoms with Crippen molar-refractivity contribution < 1.29 is 23.8 Å². The number of hydrogen-bond donors (Lipinski definition) is 1. The number of rotatable bonds is 9. The summed E-state index contributed by atoms with van der Waals surface area (Å²) in [5.41, 5.74) is 4.43. The highest BCUT2D eigenvalue weighted by atomic mass is 16.5. The highest BCUT2D eigenvalue weighted by molar-refractivity contribution is 5.90. The zero-order valence-electron chi connectivity index (χ0n) is 18.3. The molecule has 0 unspecified atom stereocenters. The molecule has 0 saturated carbocycles. The largest absolute Gasteiger partial charge is 0.493 e. The number of carboxylic acid groups (broad SMARTS) is 1. The summed E-state index contributed by atoms with van der Waals surface area (Å²) in [6.45, 7) is 8.29. The maximum absolute atomic E-state index is 11.3. The fraction of sp³-hybridized carbons (Fsp3) is 0.280. The Balaban J connectivity index is 1.69. The molecule has 3 rings (SSSR count). The van der Waals surface area contributed by atoms with Crippen LogP contribution in [-0.4, -0.2) is 29.3 Å². The van der Waals surface area contributed by atoms with Crippen LogP contribution in [0.2, 0.25) is 0 Å². The number of carboxylic acids is 1. The van der Waals surface area contributed by atoms with E-state index in [0.717, 1.165) is 39.5 Å². The first-order valence-corrected chi connectivity index (χ1v) is 10.2. The predicted octanol–water partition coefficient (Wildman–Crippen LogP) is 5.35. The number of ether oxygens (including phenoxy) is 2. The second-order valence-electron chi connectivity index (χ2n) is 7.22. The molecular formula is C25H27NO5. The van der Waals surface area contributed by atoms with E-state index in [0.29, 0.717) is 25.5 Å². The van der Waals surface area contributed by atoms with Crippen LogP contribution >= 0.6 is 0 Å². The fourth-order valence-corrected chi connectivity index (χ4v) is 3.38. The molecule has 0 aliphatic heterocycles. The van der Waals surface area contributed by atoms with Crippen molar-refractivity contribution in [2.45, 2.75) is 34.1 Å². The molecule has 0 radical (unpaired) electrons. The summed E-state index contributed by atoms with van der Waals surface area (Å²) in [4.78, 5) is 15.9. The first-order valence-electron chi connectivity index (χ1n) is 10.2. The predicted molar refractivity (Wildman–Crippen MR) is 119 cm³/mol. The van der Waals surface area contributed by atoms with Crippen LogP contribution in [0.15, 0.2) is 52.6 Å². The maximum atomic E-state index is 11.3. The van der Waals surface area contributed by atoms with Crippen molar-refractivity contribution in [2.75, 3.05) is 13.2 Å². The van der Waals surface area contributed by atoms with E-state index in [1.165, 1.54) is 6.08 Å². The molecular weight excluding hydrogens is 394 g/mol. The second kappa shape index (κ2) is 9.98. The molecule has 0 fully saturated rings. The summed E-state index contributed by atoms with van der Waals surface area (Å²) in [6, 6.07) is 13.6. The van der Waals surface area contributed by atoms with Crippen LogP contribution in [0, 0.1) is 20.8 Å². The van der Waals surface area contributed by atoms with Gasteiger partial charge in [0.2, 0.25) is 11.6 Å². The van der Waals surface area contributed by atoms with Gasteiger partial charge in [-0.05, 0) is 74.7 Å². The molecule has 0 atom stereocenters. The lowest BCUT2D eigenvalue weighted by Crippen LogP contribution is -2.06. The van der Waals surface area contributed by atoms with Crippen LogP contribution in [0.1, 0.15) is 35.1 Å². The molecule has 0 bridgehead atoms. The molecule has 1 N–H and O–H groups in total. The Morgan fingerprint density at radius 2 is 1.81 bits per heavy atom. The zero-order chi connectivity index (χ0) is 22.4. The lowest BCUT2D eigenvalue weighted by Gasteiger charge is -2.13. The van der Waals surface area contributed by atoms with Crippen LogP contribution < -0.4 is 4.74 Å². The summed E-state index contributed by atoms with van der Waals surface area (Å²) >= 11 is 0. The van der Waals surface area contributed by atoms with E-state index in [1.807, 2.05) is 63.2 Å². The molecule has 162 valence electrons. The van der Waals surface area contributed by atoms with E-state index >= 15 is 0 Å². The third-order valence-corrected chi connectivity index (χ3v) is 4.79. The van der Waals surface area contributed by atoms with Gasteiger partial charge in [0, 0.05) is 12.0 Å². The monoisotopic (exact) mass is 421 g/mol. The van der Waals surface area contributed by atoms with Gasteiger partial charge in [-0.25, -0.2) is 9.78 Å². The van der Waals surface area contributed by atoms with E-state index in [-0.39, 0.29) is 5.76 Å². The molecule has 1 aromatic heterocycles. The van der Waals surface area contributed by atoms with E-state index in [2.05, 4.69) is 4.98 Å². The summed E-state index contributed by atoms with van der Waals surface area (Å²) in [5.74, 6) is 1.02. The first-order chi connectivity index (χ1) is 14.9. The van der Waals surface area contributed by atoms with Crippen molar-refractivity contribution in [3.63, 3.8) is 0 Å². The van der Waals surface area contributed by atoms with Crippen LogP contribution in [0.5, 0.6) is 5.75 Å². The van der Waals surface area contributed by atoms with Crippen molar-refractivity contribution in [3.05, 3.63) is 76.4 Å². The summed E-state index contributed by atoms with van der Waals surface area (Å²) in [6.07, 6.45) is 2.15. The van der Waals surface area contributed by atoms with Crippen LogP contribution in [-0.2, 0) is 16.0 Å². The molecule has 6 heteroatoms. The topological polar surface area (TPSA) is 81.8 Å². The highest BCUT2D eigenvalue weighted by Gasteiger charge is 2.13. The molecule has 0 aliphatic carbocycles. The van der Waals surface area contributed by atoms with Gasteiger partial charge < -0.3 is 19.0 Å². The molecule has 3 aromatic rings. The van der Waals surface area contributed by atoms with Crippen molar-refractivity contribution >= 4 is 12.0 Å². The highest BCUT2D eigenvalue weighted by Crippen LogP contribution is 2.27. The Morgan fingerprint density at radius 3 is 2.42 bits per heavy atom. The number of benzene rings is 2. The Kier molecular flexibility index (Phi) is 7.13. The molecule has 1 heterocycles. The standard InChI is InChI=1S/C25H27NO5/c1-5-29-22(25(27)28)15-19-13-16(2)23(17(3)14-19)30-12-11-21-18(4)31-24(26-21)20-9-7-6-8-10-20/h6-10,13-15H,5,11-12H2,1-4H3,(H,27,28). The van der Waals surface area contributed by atoms with Gasteiger partial charge in [0.05, 0.1) is 18.9 Å². The molecule has 0 aliphatic rings. The molecule has 6 nitrogen and oxygen atoms in total. The minimum Gasteiger partial charge on any atom is -0.493 e. The smallest absolute Gasteiger partial charge is 0.371 e. The SMILES string of the molecule is CCOC(=Cc1cc(C)c(OCCc2nc(-c3ccccc3)oc2C)c(C)c1)C(=O)O. The lowest BCUT2D eigenvalue weighted by atomic mass is 10.0. The minimum absolute atomic E-state index is 0.0781. The molecule has 0 saturated heterocycles. The molecule has 0 spiro atoms. The van der Waals surface area contributed by atoms with Gasteiger partial charge in [0.1, 0.15) is 11.5 Å². The Hall–Kier alpha value is -3.54. The van der Waals surface area contributed by atoms with Crippen LogP contribution in [0.4, 0.5) is 0 Å². The van der Waals surface area contributed by atoms with E-state index < -0.39 is 5.97 Å². The summed E-state index contributed by atoms with van der Waals surface area (Å²) in [5, 5.41) is 9.25. The zero-order valence-corrected chi connectivity index (χ0v) is 18.3. The number of aromatic nitrogens is 1. The molecule has 0 amide bonds. The van der Waals surface area contributed by atoms with E-state index in [4.69, 9.17) is 13.9 Å². The lowest BCUT2D eigenvalue weighted by molar-refractivity contribution is -0.136. The number of oxazole rings is 1. The van der Waals surface area contributed by atoms with Crippen molar-refractivity contribution in [2.24, 2.45) is 0 Å². The average Bonchev–Trinajstić information content (AvgIpc) is 3.11. The van der Waals surface area contributed by atoms with Gasteiger partial charge in [-0.15, -0.1) is 0 Å². The maximum Gasteiger partial charge on any atom is 0.371 e. The number of carbonyl (C=O) groups is 1. The average molecular weight is 421 g/mol. The van der Waals surface area contributed by atoms with Gasteiger partial charge in [0.15, 0.2) is 0 Å². The van der Waals surface area contributed by atoms with Crippen LogP contribution in [0.25, 0.3) is 17.5 Å². The Morgan fingerprint density at radius 1 is 1.13 bits per heavy atom. The van der Waals surface area contributed by atoms with E-state index in [9.17, 15) is 9.90 Å². The Bertz CT molecular complexity index is 1060. The van der Waals surface area contributed by atoms with Gasteiger partial charge in [-0.3, -0.25) is 0 Å². The molecule has 31 heavy (non-hydrogen) atoms. The van der Waals surface area contributed by atoms with Gasteiger partial charge in [-0.1, -0.05) is 18.2 Å². The number of nitrogens with zero attached hydrogens (tertiary/aromatic N) is 1. The van der Waals surface area contributed by atoms with Gasteiger partial charge in [-0.2, -0.15) is 0 Å². The number of aliphatic carboxylic acids is 1. The van der Waals surface area contributed by atoms with Crippen molar-refractivity contribution in [1.82, 2.24) is 4.98 Å².